The van der Waals surface area contributed by atoms with E-state index in [4.69, 9.17) is 11.6 Å². The average Bonchev–Trinajstić information content (AvgIpc) is 2.20. The van der Waals surface area contributed by atoms with Crippen molar-refractivity contribution in [2.24, 2.45) is 0 Å². The highest BCUT2D eigenvalue weighted by Crippen LogP contribution is 2.11. The zero-order valence-corrected chi connectivity index (χ0v) is 9.92. The summed E-state index contributed by atoms with van der Waals surface area (Å²) in [6.45, 7) is 0. The number of hydrogen-bond acceptors (Lipinski definition) is 1. The normalized spacial score (nSPS) is 10.1. The van der Waals surface area contributed by atoms with Crippen LogP contribution in [-0.4, -0.2) is 24.9 Å². The summed E-state index contributed by atoms with van der Waals surface area (Å²) < 4.78 is 0. The standard InChI is InChI=1S/C12H16ClNO/c1-14(2)12(15)5-3-4-10-6-8-11(13)9-7-10/h6-9H,3-5H2,1-2H3. The van der Waals surface area contributed by atoms with Crippen LogP contribution in [0, 0.1) is 0 Å². The fourth-order valence-electron chi connectivity index (χ4n) is 1.32. The van der Waals surface area contributed by atoms with E-state index >= 15 is 0 Å². The monoisotopic (exact) mass is 225 g/mol. The number of carbonyl (C=O) groups excluding carboxylic acids is 1. The number of hydrogen-bond donors (Lipinski definition) is 0. The van der Waals surface area contributed by atoms with E-state index in [9.17, 15) is 4.79 Å². The van der Waals surface area contributed by atoms with Gasteiger partial charge in [0, 0.05) is 25.5 Å². The molecule has 0 bridgehead atoms. The van der Waals surface area contributed by atoms with Crippen LogP contribution in [0.4, 0.5) is 0 Å². The molecule has 1 rings (SSSR count). The van der Waals surface area contributed by atoms with Crippen molar-refractivity contribution >= 4 is 17.5 Å². The van der Waals surface area contributed by atoms with Crippen molar-refractivity contribution in [2.75, 3.05) is 14.1 Å². The van der Waals surface area contributed by atoms with Crippen LogP contribution in [-0.2, 0) is 11.2 Å². The number of nitrogens with zero attached hydrogens (tertiary/aromatic N) is 1. The SMILES string of the molecule is CN(C)C(=O)CCCc1ccc(Cl)cc1. The van der Waals surface area contributed by atoms with E-state index in [1.54, 1.807) is 19.0 Å². The first-order chi connectivity index (χ1) is 7.09. The Bertz CT molecular complexity index is 319. The molecule has 0 heterocycles. The van der Waals surface area contributed by atoms with Crippen molar-refractivity contribution in [3.8, 4) is 0 Å². The van der Waals surface area contributed by atoms with Crippen molar-refractivity contribution in [1.82, 2.24) is 4.90 Å². The maximum absolute atomic E-state index is 11.3. The first-order valence-corrected chi connectivity index (χ1v) is 5.42. The quantitative estimate of drug-likeness (QED) is 0.772. The van der Waals surface area contributed by atoms with Crippen LogP contribution < -0.4 is 0 Å². The third kappa shape index (κ3) is 4.34. The van der Waals surface area contributed by atoms with Gasteiger partial charge in [0.15, 0.2) is 0 Å². The Morgan fingerprint density at radius 1 is 1.27 bits per heavy atom. The van der Waals surface area contributed by atoms with Crippen LogP contribution >= 0.6 is 11.6 Å². The fraction of sp³-hybridized carbons (Fsp3) is 0.417. The summed E-state index contributed by atoms with van der Waals surface area (Å²) in [5, 5.41) is 0.753. The molecule has 15 heavy (non-hydrogen) atoms. The van der Waals surface area contributed by atoms with Crippen molar-refractivity contribution in [3.63, 3.8) is 0 Å². The van der Waals surface area contributed by atoms with Crippen LogP contribution in [0.25, 0.3) is 0 Å². The molecule has 0 radical (unpaired) electrons. The second-order valence-corrected chi connectivity index (χ2v) is 4.20. The largest absolute Gasteiger partial charge is 0.349 e. The summed E-state index contributed by atoms with van der Waals surface area (Å²) in [4.78, 5) is 12.9. The summed E-state index contributed by atoms with van der Waals surface area (Å²) in [5.41, 5.74) is 1.23. The predicted octanol–water partition coefficient (Wildman–Crippen LogP) is 2.75. The zero-order valence-electron chi connectivity index (χ0n) is 9.16. The molecular weight excluding hydrogens is 210 g/mol. The Labute approximate surface area is 95.8 Å². The highest BCUT2D eigenvalue weighted by molar-refractivity contribution is 6.30. The highest BCUT2D eigenvalue weighted by Gasteiger charge is 2.03. The number of halogens is 1. The van der Waals surface area contributed by atoms with Crippen molar-refractivity contribution in [2.45, 2.75) is 19.3 Å². The van der Waals surface area contributed by atoms with Gasteiger partial charge >= 0.3 is 0 Å². The molecule has 0 aliphatic carbocycles. The van der Waals surface area contributed by atoms with Crippen molar-refractivity contribution in [1.29, 1.82) is 0 Å². The number of carbonyl (C=O) groups is 1. The lowest BCUT2D eigenvalue weighted by molar-refractivity contribution is -0.128. The molecule has 2 nitrogen and oxygen atoms in total. The van der Waals surface area contributed by atoms with Crippen LogP contribution in [0.15, 0.2) is 24.3 Å². The molecule has 0 N–H and O–H groups in total. The molecule has 0 aliphatic heterocycles. The van der Waals surface area contributed by atoms with E-state index in [0.29, 0.717) is 6.42 Å². The van der Waals surface area contributed by atoms with Gasteiger partial charge in [-0.1, -0.05) is 23.7 Å². The topological polar surface area (TPSA) is 20.3 Å². The van der Waals surface area contributed by atoms with E-state index < -0.39 is 0 Å². The highest BCUT2D eigenvalue weighted by atomic mass is 35.5. The lowest BCUT2D eigenvalue weighted by Crippen LogP contribution is -2.21. The summed E-state index contributed by atoms with van der Waals surface area (Å²) >= 11 is 5.78. The molecule has 0 atom stereocenters. The van der Waals surface area contributed by atoms with Crippen LogP contribution in [0.5, 0.6) is 0 Å². The molecule has 1 amide bonds. The van der Waals surface area contributed by atoms with Crippen molar-refractivity contribution < 1.29 is 4.79 Å². The number of aryl methyl sites for hydroxylation is 1. The minimum absolute atomic E-state index is 0.184. The van der Waals surface area contributed by atoms with Gasteiger partial charge in [-0.05, 0) is 30.5 Å². The number of benzene rings is 1. The zero-order chi connectivity index (χ0) is 11.3. The van der Waals surface area contributed by atoms with Crippen molar-refractivity contribution in [3.05, 3.63) is 34.9 Å². The van der Waals surface area contributed by atoms with E-state index in [0.717, 1.165) is 17.9 Å². The van der Waals surface area contributed by atoms with Crippen LogP contribution in [0.2, 0.25) is 5.02 Å². The smallest absolute Gasteiger partial charge is 0.222 e. The van der Waals surface area contributed by atoms with Gasteiger partial charge in [0.2, 0.25) is 5.91 Å². The fourth-order valence-corrected chi connectivity index (χ4v) is 1.44. The molecule has 0 fully saturated rings. The van der Waals surface area contributed by atoms with Gasteiger partial charge in [0.05, 0.1) is 0 Å². The van der Waals surface area contributed by atoms with Gasteiger partial charge in [-0.3, -0.25) is 4.79 Å². The summed E-state index contributed by atoms with van der Waals surface area (Å²) in [6.07, 6.45) is 2.42. The Balaban J connectivity index is 2.32. The molecule has 0 aliphatic rings. The van der Waals surface area contributed by atoms with E-state index in [1.807, 2.05) is 24.3 Å². The number of amides is 1. The maximum atomic E-state index is 11.3. The second kappa shape index (κ2) is 5.76. The molecule has 0 saturated carbocycles. The van der Waals surface area contributed by atoms with Gasteiger partial charge in [-0.2, -0.15) is 0 Å². The Hall–Kier alpha value is -1.02. The molecular formula is C12H16ClNO. The average molecular weight is 226 g/mol. The van der Waals surface area contributed by atoms with E-state index in [1.165, 1.54) is 5.56 Å². The van der Waals surface area contributed by atoms with Gasteiger partial charge in [-0.25, -0.2) is 0 Å². The van der Waals surface area contributed by atoms with Gasteiger partial charge in [-0.15, -0.1) is 0 Å². The van der Waals surface area contributed by atoms with Crippen LogP contribution in [0.1, 0.15) is 18.4 Å². The predicted molar refractivity (Wildman–Crippen MR) is 63.1 cm³/mol. The Kier molecular flexibility index (Phi) is 4.63. The summed E-state index contributed by atoms with van der Waals surface area (Å²) in [7, 11) is 3.56. The minimum Gasteiger partial charge on any atom is -0.349 e. The maximum Gasteiger partial charge on any atom is 0.222 e. The summed E-state index contributed by atoms with van der Waals surface area (Å²) in [6, 6.07) is 7.76. The molecule has 1 aromatic rings. The molecule has 0 aromatic heterocycles. The molecule has 0 spiro atoms. The van der Waals surface area contributed by atoms with Gasteiger partial charge < -0.3 is 4.90 Å². The van der Waals surface area contributed by atoms with E-state index in [-0.39, 0.29) is 5.91 Å². The third-order valence-electron chi connectivity index (χ3n) is 2.27. The van der Waals surface area contributed by atoms with Gasteiger partial charge in [0.1, 0.15) is 0 Å². The van der Waals surface area contributed by atoms with Gasteiger partial charge in [0.25, 0.3) is 0 Å². The number of rotatable bonds is 4. The summed E-state index contributed by atoms with van der Waals surface area (Å²) in [5.74, 6) is 0.184. The molecule has 0 saturated heterocycles. The minimum atomic E-state index is 0.184. The Morgan fingerprint density at radius 2 is 1.87 bits per heavy atom. The first kappa shape index (κ1) is 12.1. The molecule has 1 aromatic carbocycles. The molecule has 3 heteroatoms. The molecule has 0 unspecified atom stereocenters. The third-order valence-corrected chi connectivity index (χ3v) is 2.52. The first-order valence-electron chi connectivity index (χ1n) is 5.04. The van der Waals surface area contributed by atoms with E-state index in [2.05, 4.69) is 0 Å². The Morgan fingerprint density at radius 3 is 2.40 bits per heavy atom. The second-order valence-electron chi connectivity index (χ2n) is 3.77. The molecule has 82 valence electrons. The lowest BCUT2D eigenvalue weighted by atomic mass is 10.1. The van der Waals surface area contributed by atoms with Crippen LogP contribution in [0.3, 0.4) is 0 Å². The lowest BCUT2D eigenvalue weighted by Gasteiger charge is -2.09.